The Labute approximate surface area is 213 Å². The van der Waals surface area contributed by atoms with Crippen LogP contribution in [0.4, 0.5) is 0 Å². The average molecular weight is 497 g/mol. The molecule has 0 aliphatic heterocycles. The van der Waals surface area contributed by atoms with Gasteiger partial charge in [-0.1, -0.05) is 88.7 Å². The maximum atomic E-state index is 2.57. The summed E-state index contributed by atoms with van der Waals surface area (Å²) >= 11 is 0. The Morgan fingerprint density at radius 3 is 1.06 bits per heavy atom. The fourth-order valence-corrected chi connectivity index (χ4v) is 11.6. The highest BCUT2D eigenvalue weighted by molar-refractivity contribution is 7.95. The summed E-state index contributed by atoms with van der Waals surface area (Å²) in [6.07, 6.45) is 11.4. The summed E-state index contributed by atoms with van der Waals surface area (Å²) < 4.78 is 0. The molecule has 0 amide bonds. The van der Waals surface area contributed by atoms with E-state index in [1.54, 1.807) is 12.3 Å². The van der Waals surface area contributed by atoms with Gasteiger partial charge in [-0.25, -0.2) is 0 Å². The lowest BCUT2D eigenvalue weighted by atomic mass is 10.4. The molecule has 0 N–H and O–H groups in total. The largest absolute Gasteiger partial charge is 0.111 e. The van der Waals surface area contributed by atoms with Crippen LogP contribution in [0, 0.1) is 0 Å². The lowest BCUT2D eigenvalue weighted by Gasteiger charge is -2.26. The SMILES string of the molecule is C.CCCC[P+](C)(CC)CCCC.CC[P+](c1ccccc1)(c1ccccc1)c1ccccc1. The van der Waals surface area contributed by atoms with Crippen LogP contribution in [0.5, 0.6) is 0 Å². The zero-order valence-electron chi connectivity index (χ0n) is 21.7. The van der Waals surface area contributed by atoms with Crippen LogP contribution < -0.4 is 15.9 Å². The van der Waals surface area contributed by atoms with Crippen molar-refractivity contribution in [1.82, 2.24) is 0 Å². The molecule has 0 saturated heterocycles. The van der Waals surface area contributed by atoms with Crippen LogP contribution in [0.25, 0.3) is 0 Å². The van der Waals surface area contributed by atoms with Gasteiger partial charge < -0.3 is 0 Å². The van der Waals surface area contributed by atoms with Crippen LogP contribution in [0.3, 0.4) is 0 Å². The maximum Gasteiger partial charge on any atom is 0.111 e. The molecule has 0 heterocycles. The van der Waals surface area contributed by atoms with Crippen LogP contribution in [0.2, 0.25) is 0 Å². The van der Waals surface area contributed by atoms with E-state index in [4.69, 9.17) is 0 Å². The van der Waals surface area contributed by atoms with Gasteiger partial charge in [0, 0.05) is 13.9 Å². The maximum absolute atomic E-state index is 2.57. The molecule has 0 aromatic heterocycles. The predicted molar refractivity (Wildman–Crippen MR) is 165 cm³/mol. The van der Waals surface area contributed by atoms with E-state index in [1.807, 2.05) is 0 Å². The Morgan fingerprint density at radius 1 is 0.500 bits per heavy atom. The molecule has 0 spiro atoms. The van der Waals surface area contributed by atoms with E-state index in [0.29, 0.717) is 0 Å². The van der Waals surface area contributed by atoms with Crippen LogP contribution >= 0.6 is 14.5 Å². The molecule has 0 radical (unpaired) electrons. The topological polar surface area (TPSA) is 0 Å². The molecule has 0 bridgehead atoms. The van der Waals surface area contributed by atoms with Gasteiger partial charge >= 0.3 is 0 Å². The van der Waals surface area contributed by atoms with Crippen molar-refractivity contribution in [2.24, 2.45) is 0 Å². The Morgan fingerprint density at radius 2 is 0.824 bits per heavy atom. The number of rotatable bonds is 11. The highest BCUT2D eigenvalue weighted by Crippen LogP contribution is 2.56. The molecule has 2 heteroatoms. The first kappa shape index (κ1) is 30.6. The Balaban J connectivity index is 0.000000386. The molecular formula is C32H50P2+2. The van der Waals surface area contributed by atoms with Gasteiger partial charge in [0.2, 0.25) is 0 Å². The number of unbranched alkanes of at least 4 members (excludes halogenated alkanes) is 2. The van der Waals surface area contributed by atoms with Crippen molar-refractivity contribution in [2.75, 3.05) is 31.3 Å². The minimum Gasteiger partial charge on any atom is -0.0776 e. The predicted octanol–water partition coefficient (Wildman–Crippen LogP) is 8.89. The van der Waals surface area contributed by atoms with Gasteiger partial charge in [0.05, 0.1) is 24.6 Å². The Bertz CT molecular complexity index is 770. The van der Waals surface area contributed by atoms with Gasteiger partial charge in [0.15, 0.2) is 0 Å². The van der Waals surface area contributed by atoms with Gasteiger partial charge in [-0.15, -0.1) is 0 Å². The summed E-state index contributed by atoms with van der Waals surface area (Å²) in [7, 11) is -2.02. The average Bonchev–Trinajstić information content (AvgIpc) is 2.89. The van der Waals surface area contributed by atoms with E-state index in [2.05, 4.69) is 125 Å². The first-order valence-corrected chi connectivity index (χ1v) is 17.7. The van der Waals surface area contributed by atoms with Crippen LogP contribution in [0.15, 0.2) is 91.0 Å². The summed E-state index contributed by atoms with van der Waals surface area (Å²) in [5.74, 6) is 0. The summed E-state index contributed by atoms with van der Waals surface area (Å²) in [6, 6.07) is 33.0. The number of benzene rings is 3. The highest BCUT2D eigenvalue weighted by Gasteiger charge is 2.43. The second-order valence-corrected chi connectivity index (χ2v) is 17.8. The molecule has 0 atom stereocenters. The summed E-state index contributed by atoms with van der Waals surface area (Å²) in [5, 5.41) is 4.39. The lowest BCUT2D eigenvalue weighted by molar-refractivity contribution is 0.860. The Kier molecular flexibility index (Phi) is 14.6. The van der Waals surface area contributed by atoms with E-state index >= 15 is 0 Å². The van der Waals surface area contributed by atoms with E-state index in [1.165, 1.54) is 47.8 Å². The van der Waals surface area contributed by atoms with Crippen LogP contribution in [0.1, 0.15) is 60.8 Å². The fraction of sp³-hybridized carbons (Fsp3) is 0.438. The molecule has 3 aromatic rings. The molecule has 0 saturated carbocycles. The van der Waals surface area contributed by atoms with Crippen molar-refractivity contribution in [3.05, 3.63) is 91.0 Å². The molecule has 34 heavy (non-hydrogen) atoms. The monoisotopic (exact) mass is 496 g/mol. The van der Waals surface area contributed by atoms with Gasteiger partial charge in [-0.2, -0.15) is 0 Å². The van der Waals surface area contributed by atoms with Crippen molar-refractivity contribution in [1.29, 1.82) is 0 Å². The van der Waals surface area contributed by atoms with E-state index < -0.39 is 14.5 Å². The molecule has 186 valence electrons. The van der Waals surface area contributed by atoms with Crippen LogP contribution in [-0.4, -0.2) is 31.3 Å². The van der Waals surface area contributed by atoms with Crippen molar-refractivity contribution in [2.45, 2.75) is 60.8 Å². The molecule has 3 aromatic carbocycles. The third-order valence-corrected chi connectivity index (χ3v) is 15.7. The first-order valence-electron chi connectivity index (χ1n) is 12.9. The van der Waals surface area contributed by atoms with Crippen molar-refractivity contribution in [3.63, 3.8) is 0 Å². The van der Waals surface area contributed by atoms with Gasteiger partial charge in [0.1, 0.15) is 23.2 Å². The summed E-state index contributed by atoms with van der Waals surface area (Å²) in [4.78, 5) is 0. The highest BCUT2D eigenvalue weighted by atomic mass is 31.2. The lowest BCUT2D eigenvalue weighted by Crippen LogP contribution is -2.32. The summed E-state index contributed by atoms with van der Waals surface area (Å²) in [6.45, 7) is 11.9. The minimum absolute atomic E-state index is 0. The quantitative estimate of drug-likeness (QED) is 0.233. The van der Waals surface area contributed by atoms with Crippen molar-refractivity contribution in [3.8, 4) is 0 Å². The first-order chi connectivity index (χ1) is 16.1. The molecule has 0 aliphatic carbocycles. The zero-order chi connectivity index (χ0) is 24.0. The molecule has 0 aliphatic rings. The molecule has 0 fully saturated rings. The molecule has 3 rings (SSSR count). The molecular weight excluding hydrogens is 446 g/mol. The number of hydrogen-bond acceptors (Lipinski definition) is 0. The van der Waals surface area contributed by atoms with Gasteiger partial charge in [-0.05, 0) is 63.1 Å². The van der Waals surface area contributed by atoms with Gasteiger partial charge in [0.25, 0.3) is 0 Å². The summed E-state index contributed by atoms with van der Waals surface area (Å²) in [5.41, 5.74) is 0. The second-order valence-electron chi connectivity index (χ2n) is 9.22. The normalized spacial score (nSPS) is 11.2. The van der Waals surface area contributed by atoms with E-state index in [-0.39, 0.29) is 7.43 Å². The van der Waals surface area contributed by atoms with Crippen molar-refractivity contribution >= 4 is 30.4 Å². The smallest absolute Gasteiger partial charge is 0.0776 e. The number of hydrogen-bond donors (Lipinski definition) is 0. The zero-order valence-corrected chi connectivity index (χ0v) is 23.5. The Hall–Kier alpha value is -1.48. The molecule has 0 nitrogen and oxygen atoms in total. The fourth-order valence-electron chi connectivity index (χ4n) is 4.55. The minimum atomic E-state index is -1.53. The van der Waals surface area contributed by atoms with E-state index in [9.17, 15) is 0 Å². The van der Waals surface area contributed by atoms with Crippen LogP contribution in [-0.2, 0) is 0 Å². The van der Waals surface area contributed by atoms with Crippen molar-refractivity contribution < 1.29 is 0 Å². The third-order valence-electron chi connectivity index (χ3n) is 6.93. The molecule has 0 unspecified atom stereocenters. The van der Waals surface area contributed by atoms with Gasteiger partial charge in [-0.3, -0.25) is 0 Å². The van der Waals surface area contributed by atoms with E-state index in [0.717, 1.165) is 6.16 Å². The second kappa shape index (κ2) is 16.2. The standard InChI is InChI=1S/C20H20P.C11H26P.CH4/c1-2-21(18-12-6-3-7-13-18,19-14-8-4-9-15-19)20-16-10-5-11-17-20;1-5-8-10-12(4,7-3)11-9-6-2;/h3-17H,2H2,1H3;5-11H2,1-4H3;1H4/q2*+1;. The third kappa shape index (κ3) is 8.33.